The van der Waals surface area contributed by atoms with Crippen LogP contribution in [0.4, 0.5) is 11.4 Å². The van der Waals surface area contributed by atoms with Crippen LogP contribution >= 0.6 is 0 Å². The maximum Gasteiger partial charge on any atom is 0.232 e. The van der Waals surface area contributed by atoms with Crippen LogP contribution in [0.3, 0.4) is 0 Å². The minimum Gasteiger partial charge on any atom is -0.326 e. The summed E-state index contributed by atoms with van der Waals surface area (Å²) in [6.45, 7) is 5.02. The second kappa shape index (κ2) is 5.86. The molecule has 0 aliphatic rings. The lowest BCUT2D eigenvalue weighted by Crippen LogP contribution is -2.17. The minimum absolute atomic E-state index is 0.0802. The summed E-state index contributed by atoms with van der Waals surface area (Å²) in [6, 6.07) is 5.10. The third kappa shape index (κ3) is 4.37. The van der Waals surface area contributed by atoms with Crippen LogP contribution < -0.4 is 10.0 Å². The molecule has 1 aromatic rings. The van der Waals surface area contributed by atoms with E-state index in [1.54, 1.807) is 32.0 Å². The van der Waals surface area contributed by atoms with Gasteiger partial charge < -0.3 is 5.32 Å². The van der Waals surface area contributed by atoms with E-state index in [9.17, 15) is 13.2 Å². The number of carbonyl (C=O) groups excluding carboxylic acids is 1. The van der Waals surface area contributed by atoms with Gasteiger partial charge in [0, 0.05) is 12.6 Å². The Kier molecular flexibility index (Phi) is 4.72. The summed E-state index contributed by atoms with van der Waals surface area (Å²) in [4.78, 5) is 10.9. The number of nitrogens with one attached hydrogen (secondary N) is 2. The zero-order chi connectivity index (χ0) is 13.8. The smallest absolute Gasteiger partial charge is 0.232 e. The highest BCUT2D eigenvalue weighted by molar-refractivity contribution is 7.92. The summed E-state index contributed by atoms with van der Waals surface area (Å²) in [7, 11) is -3.32. The van der Waals surface area contributed by atoms with Crippen molar-refractivity contribution >= 4 is 27.3 Å². The third-order valence-electron chi connectivity index (χ3n) is 2.30. The van der Waals surface area contributed by atoms with E-state index in [2.05, 4.69) is 10.0 Å². The fourth-order valence-corrected chi connectivity index (χ4v) is 2.69. The molecule has 0 atom stereocenters. The Hall–Kier alpha value is -1.56. The number of anilines is 2. The van der Waals surface area contributed by atoms with Crippen LogP contribution in [-0.4, -0.2) is 20.1 Å². The van der Waals surface area contributed by atoms with Gasteiger partial charge >= 0.3 is 0 Å². The van der Waals surface area contributed by atoms with Gasteiger partial charge in [0.05, 0.1) is 11.4 Å². The van der Waals surface area contributed by atoms with Gasteiger partial charge in [-0.1, -0.05) is 13.0 Å². The van der Waals surface area contributed by atoms with Crippen molar-refractivity contribution in [3.05, 3.63) is 23.8 Å². The van der Waals surface area contributed by atoms with Crippen molar-refractivity contribution in [2.24, 2.45) is 0 Å². The zero-order valence-corrected chi connectivity index (χ0v) is 11.6. The van der Waals surface area contributed by atoms with Crippen molar-refractivity contribution in [3.63, 3.8) is 0 Å². The maximum atomic E-state index is 11.7. The second-order valence-corrected chi connectivity index (χ2v) is 5.97. The third-order valence-corrected chi connectivity index (χ3v) is 3.77. The van der Waals surface area contributed by atoms with Crippen LogP contribution in [0.2, 0.25) is 0 Å². The molecule has 0 bridgehead atoms. The molecule has 1 amide bonds. The standard InChI is InChI=1S/C12H18N2O3S/c1-4-7-18(16,17)14-12-8-11(13-10(3)15)6-5-9(12)2/h5-6,8,14H,4,7H2,1-3H3,(H,13,15). The Morgan fingerprint density at radius 1 is 1.33 bits per heavy atom. The fraction of sp³-hybridized carbons (Fsp3) is 0.417. The lowest BCUT2D eigenvalue weighted by Gasteiger charge is -2.12. The highest BCUT2D eigenvalue weighted by atomic mass is 32.2. The first-order chi connectivity index (χ1) is 8.34. The SMILES string of the molecule is CCCS(=O)(=O)Nc1cc(NC(C)=O)ccc1C. The van der Waals surface area contributed by atoms with E-state index in [0.717, 1.165) is 5.56 Å². The van der Waals surface area contributed by atoms with Gasteiger partial charge in [0.1, 0.15) is 0 Å². The minimum atomic E-state index is -3.32. The number of hydrogen-bond donors (Lipinski definition) is 2. The molecule has 5 nitrogen and oxygen atoms in total. The van der Waals surface area contributed by atoms with E-state index in [4.69, 9.17) is 0 Å². The van der Waals surface area contributed by atoms with Crippen molar-refractivity contribution in [1.82, 2.24) is 0 Å². The first-order valence-electron chi connectivity index (χ1n) is 5.73. The van der Waals surface area contributed by atoms with Crippen LogP contribution in [0, 0.1) is 6.92 Å². The number of hydrogen-bond acceptors (Lipinski definition) is 3. The van der Waals surface area contributed by atoms with Crippen molar-refractivity contribution in [2.75, 3.05) is 15.8 Å². The van der Waals surface area contributed by atoms with Gasteiger partial charge in [0.15, 0.2) is 0 Å². The zero-order valence-electron chi connectivity index (χ0n) is 10.8. The molecule has 2 N–H and O–H groups in total. The highest BCUT2D eigenvalue weighted by Crippen LogP contribution is 2.21. The summed E-state index contributed by atoms with van der Waals surface area (Å²) in [5.41, 5.74) is 1.88. The molecule has 100 valence electrons. The molecule has 0 spiro atoms. The Labute approximate surface area is 108 Å². The average molecular weight is 270 g/mol. The fourth-order valence-electron chi connectivity index (χ4n) is 1.50. The Morgan fingerprint density at radius 3 is 2.56 bits per heavy atom. The summed E-state index contributed by atoms with van der Waals surface area (Å²) in [6.07, 6.45) is 0.555. The molecule has 0 heterocycles. The maximum absolute atomic E-state index is 11.7. The van der Waals surface area contributed by atoms with E-state index in [0.29, 0.717) is 17.8 Å². The summed E-state index contributed by atoms with van der Waals surface area (Å²) in [5, 5.41) is 2.62. The molecule has 0 unspecified atom stereocenters. The Balaban J connectivity index is 2.98. The number of carbonyl (C=O) groups is 1. The molecule has 0 saturated heterocycles. The molecule has 18 heavy (non-hydrogen) atoms. The summed E-state index contributed by atoms with van der Waals surface area (Å²) in [5.74, 6) is -0.113. The van der Waals surface area contributed by atoms with Crippen molar-refractivity contribution in [1.29, 1.82) is 0 Å². The predicted molar refractivity (Wildman–Crippen MR) is 73.2 cm³/mol. The number of benzene rings is 1. The lowest BCUT2D eigenvalue weighted by atomic mass is 10.2. The van der Waals surface area contributed by atoms with E-state index in [-0.39, 0.29) is 11.7 Å². The highest BCUT2D eigenvalue weighted by Gasteiger charge is 2.11. The van der Waals surface area contributed by atoms with Gasteiger partial charge in [0.25, 0.3) is 0 Å². The molecule has 0 radical (unpaired) electrons. The monoisotopic (exact) mass is 270 g/mol. The summed E-state index contributed by atoms with van der Waals surface area (Å²) >= 11 is 0. The number of rotatable bonds is 5. The van der Waals surface area contributed by atoms with Gasteiger partial charge in [0.2, 0.25) is 15.9 Å². The Bertz CT molecular complexity index is 538. The molecule has 0 aromatic heterocycles. The molecular weight excluding hydrogens is 252 g/mol. The van der Waals surface area contributed by atoms with Gasteiger partial charge in [-0.05, 0) is 31.0 Å². The Morgan fingerprint density at radius 2 is 2.00 bits per heavy atom. The molecule has 0 saturated carbocycles. The van der Waals surface area contributed by atoms with E-state index in [1.165, 1.54) is 6.92 Å². The average Bonchev–Trinajstić information content (AvgIpc) is 2.21. The number of aryl methyl sites for hydroxylation is 1. The van der Waals surface area contributed by atoms with Crippen LogP contribution in [0.5, 0.6) is 0 Å². The lowest BCUT2D eigenvalue weighted by molar-refractivity contribution is -0.114. The van der Waals surface area contributed by atoms with E-state index in [1.807, 2.05) is 0 Å². The molecule has 0 aliphatic heterocycles. The first kappa shape index (κ1) is 14.5. The van der Waals surface area contributed by atoms with Crippen LogP contribution in [0.15, 0.2) is 18.2 Å². The van der Waals surface area contributed by atoms with Gasteiger partial charge in [-0.25, -0.2) is 8.42 Å². The molecule has 6 heteroatoms. The topological polar surface area (TPSA) is 75.3 Å². The largest absolute Gasteiger partial charge is 0.326 e. The first-order valence-corrected chi connectivity index (χ1v) is 7.38. The molecule has 0 aliphatic carbocycles. The van der Waals surface area contributed by atoms with Gasteiger partial charge in [-0.15, -0.1) is 0 Å². The molecule has 1 rings (SSSR count). The van der Waals surface area contributed by atoms with E-state index < -0.39 is 10.0 Å². The second-order valence-electron chi connectivity index (χ2n) is 4.13. The predicted octanol–water partition coefficient (Wildman–Crippen LogP) is 2.11. The van der Waals surface area contributed by atoms with Gasteiger partial charge in [-0.3, -0.25) is 9.52 Å². The van der Waals surface area contributed by atoms with Crippen molar-refractivity contribution in [3.8, 4) is 0 Å². The van der Waals surface area contributed by atoms with Gasteiger partial charge in [-0.2, -0.15) is 0 Å². The summed E-state index contributed by atoms with van der Waals surface area (Å²) < 4.78 is 25.9. The van der Waals surface area contributed by atoms with Crippen molar-refractivity contribution < 1.29 is 13.2 Å². The molecular formula is C12H18N2O3S. The molecule has 1 aromatic carbocycles. The normalized spacial score (nSPS) is 11.1. The quantitative estimate of drug-likeness (QED) is 0.860. The van der Waals surface area contributed by atoms with Crippen LogP contribution in [0.25, 0.3) is 0 Å². The number of amides is 1. The van der Waals surface area contributed by atoms with E-state index >= 15 is 0 Å². The molecule has 0 fully saturated rings. The van der Waals surface area contributed by atoms with Crippen LogP contribution in [0.1, 0.15) is 25.8 Å². The van der Waals surface area contributed by atoms with Crippen LogP contribution in [-0.2, 0) is 14.8 Å². The number of sulfonamides is 1. The van der Waals surface area contributed by atoms with Crippen molar-refractivity contribution in [2.45, 2.75) is 27.2 Å².